The highest BCUT2D eigenvalue weighted by molar-refractivity contribution is 7.90. The minimum atomic E-state index is -4.48. The van der Waals surface area contributed by atoms with Crippen molar-refractivity contribution in [2.75, 3.05) is 63.8 Å². The lowest BCUT2D eigenvalue weighted by Crippen LogP contribution is -2.43. The van der Waals surface area contributed by atoms with Gasteiger partial charge in [0.2, 0.25) is 0 Å². The first kappa shape index (κ1) is 28.3. The molecule has 1 aliphatic rings. The van der Waals surface area contributed by atoms with E-state index in [1.165, 1.54) is 25.3 Å². The van der Waals surface area contributed by atoms with Crippen LogP contribution in [0.5, 0.6) is 5.75 Å². The van der Waals surface area contributed by atoms with E-state index in [-0.39, 0.29) is 42.1 Å². The lowest BCUT2D eigenvalue weighted by Gasteiger charge is -2.34. The summed E-state index contributed by atoms with van der Waals surface area (Å²) in [4.78, 5) is 2.11. The number of alkyl halides is 3. The number of rotatable bonds is 11. The van der Waals surface area contributed by atoms with Crippen LogP contribution in [0.3, 0.4) is 0 Å². The smallest absolute Gasteiger partial charge is 0.406 e. The number of ether oxygens (including phenoxy) is 2. The third-order valence-electron chi connectivity index (χ3n) is 7.16. The maximum atomic E-state index is 13.6. The van der Waals surface area contributed by atoms with Crippen molar-refractivity contribution >= 4 is 32.1 Å². The van der Waals surface area contributed by atoms with E-state index in [0.29, 0.717) is 48.2 Å². The van der Waals surface area contributed by atoms with Gasteiger partial charge in [-0.3, -0.25) is 0 Å². The molecule has 4 rings (SSSR count). The quantitative estimate of drug-likeness (QED) is 0.275. The Labute approximate surface area is 254 Å². The number of hydrogen-bond acceptors (Lipinski definition) is 8. The molecule has 3 N–H and O–H groups in total. The van der Waals surface area contributed by atoms with Crippen molar-refractivity contribution in [2.45, 2.75) is 42.6 Å². The lowest BCUT2D eigenvalue weighted by molar-refractivity contribution is -0.140. The first-order chi connectivity index (χ1) is 21.5. The summed E-state index contributed by atoms with van der Waals surface area (Å²) < 4.78 is 97.0. The SMILES string of the molecule is [2H]C([2H])([2H])OCC(O)CN1CCC(Nc2cccc3c2cc(C#CCNc2ccc(S(C)(=O)=O)cc2OC)n3CC(F)(F)F)CC1. The first-order valence-electron chi connectivity index (χ1n) is 15.1. The highest BCUT2D eigenvalue weighted by atomic mass is 32.2. The summed E-state index contributed by atoms with van der Waals surface area (Å²) >= 11 is 0. The number of benzene rings is 2. The molecule has 0 radical (unpaired) electrons. The molecule has 3 aromatic rings. The summed E-state index contributed by atoms with van der Waals surface area (Å²) in [5, 5.41) is 17.2. The number of sulfone groups is 1. The van der Waals surface area contributed by atoms with E-state index >= 15 is 0 Å². The van der Waals surface area contributed by atoms with Crippen LogP contribution in [0.15, 0.2) is 47.4 Å². The van der Waals surface area contributed by atoms with Gasteiger partial charge in [-0.1, -0.05) is 12.0 Å². The molecule has 0 amide bonds. The molecular formula is C30H37F3N4O5S. The molecule has 2 heterocycles. The second-order valence-electron chi connectivity index (χ2n) is 10.4. The Morgan fingerprint density at radius 3 is 2.63 bits per heavy atom. The predicted octanol–water partition coefficient (Wildman–Crippen LogP) is 3.96. The number of methoxy groups -OCH3 is 2. The van der Waals surface area contributed by atoms with Crippen LogP contribution in [-0.2, 0) is 21.1 Å². The lowest BCUT2D eigenvalue weighted by atomic mass is 10.0. The Kier molecular flexibility index (Phi) is 9.16. The molecule has 43 heavy (non-hydrogen) atoms. The minimum Gasteiger partial charge on any atom is -0.495 e. The summed E-state index contributed by atoms with van der Waals surface area (Å²) in [6.45, 7) is 0.0964. The molecule has 1 saturated heterocycles. The van der Waals surface area contributed by atoms with Crippen molar-refractivity contribution < 1.29 is 40.3 Å². The first-order valence-corrected chi connectivity index (χ1v) is 15.5. The van der Waals surface area contributed by atoms with E-state index < -0.39 is 35.7 Å². The van der Waals surface area contributed by atoms with E-state index in [1.54, 1.807) is 18.2 Å². The number of halogens is 3. The molecular weight excluding hydrogens is 585 g/mol. The van der Waals surface area contributed by atoms with Crippen LogP contribution in [-0.4, -0.2) is 94.5 Å². The van der Waals surface area contributed by atoms with Crippen molar-refractivity contribution in [2.24, 2.45) is 0 Å². The maximum absolute atomic E-state index is 13.6. The topological polar surface area (TPSA) is 105 Å². The molecule has 1 fully saturated rings. The molecule has 13 heteroatoms. The number of β-amino-alcohol motifs (C(OH)–C–C–N with tert-alkyl or cyclic N) is 1. The number of anilines is 2. The van der Waals surface area contributed by atoms with Crippen LogP contribution in [0, 0.1) is 11.8 Å². The summed E-state index contributed by atoms with van der Waals surface area (Å²) in [5.41, 5.74) is 1.73. The maximum Gasteiger partial charge on any atom is 0.406 e. The van der Waals surface area contributed by atoms with Gasteiger partial charge in [-0.25, -0.2) is 8.42 Å². The zero-order valence-electron chi connectivity index (χ0n) is 26.9. The highest BCUT2D eigenvalue weighted by Gasteiger charge is 2.30. The van der Waals surface area contributed by atoms with Gasteiger partial charge in [-0.15, -0.1) is 0 Å². The van der Waals surface area contributed by atoms with Crippen molar-refractivity contribution in [1.29, 1.82) is 0 Å². The number of nitrogens with zero attached hydrogens (tertiary/aromatic N) is 2. The van der Waals surface area contributed by atoms with E-state index in [1.807, 2.05) is 11.0 Å². The molecule has 1 atom stereocenters. The average Bonchev–Trinajstić information content (AvgIpc) is 3.31. The van der Waals surface area contributed by atoms with E-state index in [0.717, 1.165) is 10.8 Å². The fraction of sp³-hybridized carbons (Fsp3) is 0.467. The van der Waals surface area contributed by atoms with E-state index in [9.17, 15) is 26.7 Å². The number of nitrogens with one attached hydrogen (secondary N) is 2. The van der Waals surface area contributed by atoms with Gasteiger partial charge in [0.15, 0.2) is 9.84 Å². The number of fused-ring (bicyclic) bond motifs is 1. The molecule has 9 nitrogen and oxygen atoms in total. The van der Waals surface area contributed by atoms with Gasteiger partial charge in [0.1, 0.15) is 12.3 Å². The zero-order valence-corrected chi connectivity index (χ0v) is 24.7. The van der Waals surface area contributed by atoms with Crippen LogP contribution in [0.2, 0.25) is 0 Å². The Hall–Kier alpha value is -3.44. The fourth-order valence-corrected chi connectivity index (χ4v) is 5.75. The number of aliphatic hydroxyl groups is 1. The molecule has 1 aliphatic heterocycles. The summed E-state index contributed by atoms with van der Waals surface area (Å²) in [6.07, 6.45) is -2.92. The summed E-state index contributed by atoms with van der Waals surface area (Å²) in [5.74, 6) is 6.00. The molecule has 0 saturated carbocycles. The van der Waals surface area contributed by atoms with Crippen LogP contribution in [0.1, 0.15) is 22.6 Å². The fourth-order valence-electron chi connectivity index (χ4n) is 5.11. The van der Waals surface area contributed by atoms with Gasteiger partial charge < -0.3 is 34.7 Å². The molecule has 0 bridgehead atoms. The molecule has 1 aromatic heterocycles. The molecule has 234 valence electrons. The monoisotopic (exact) mass is 625 g/mol. The largest absolute Gasteiger partial charge is 0.495 e. The average molecular weight is 626 g/mol. The molecule has 0 aliphatic carbocycles. The van der Waals surface area contributed by atoms with Gasteiger partial charge in [0, 0.05) is 56.1 Å². The van der Waals surface area contributed by atoms with Gasteiger partial charge in [0.25, 0.3) is 0 Å². The number of aromatic nitrogens is 1. The number of hydrogen-bond donors (Lipinski definition) is 3. The molecule has 2 aromatic carbocycles. The predicted molar refractivity (Wildman–Crippen MR) is 160 cm³/mol. The second kappa shape index (κ2) is 13.9. The second-order valence-corrected chi connectivity index (χ2v) is 12.5. The number of piperidine rings is 1. The normalized spacial score (nSPS) is 16.9. The number of likely N-dealkylation sites (tertiary alicyclic amines) is 1. The van der Waals surface area contributed by atoms with Crippen molar-refractivity contribution in [1.82, 2.24) is 9.47 Å². The van der Waals surface area contributed by atoms with Crippen molar-refractivity contribution in [3.63, 3.8) is 0 Å². The summed E-state index contributed by atoms with van der Waals surface area (Å²) in [7, 11) is -4.61. The van der Waals surface area contributed by atoms with Crippen LogP contribution >= 0.6 is 0 Å². The van der Waals surface area contributed by atoms with Gasteiger partial charge >= 0.3 is 6.18 Å². The van der Waals surface area contributed by atoms with Crippen LogP contribution in [0.4, 0.5) is 24.5 Å². The van der Waals surface area contributed by atoms with Crippen molar-refractivity contribution in [3.05, 3.63) is 48.2 Å². The minimum absolute atomic E-state index is 0.0337. The third-order valence-corrected chi connectivity index (χ3v) is 8.27. The van der Waals surface area contributed by atoms with E-state index in [2.05, 4.69) is 22.5 Å². The van der Waals surface area contributed by atoms with Crippen molar-refractivity contribution in [3.8, 4) is 17.6 Å². The van der Waals surface area contributed by atoms with Gasteiger partial charge in [-0.2, -0.15) is 13.2 Å². The Morgan fingerprint density at radius 2 is 1.95 bits per heavy atom. The van der Waals surface area contributed by atoms with Gasteiger partial charge in [0.05, 0.1) is 52.3 Å². The molecule has 0 spiro atoms. The van der Waals surface area contributed by atoms with Crippen LogP contribution in [0.25, 0.3) is 10.9 Å². The number of aliphatic hydroxyl groups excluding tert-OH is 1. The Balaban J connectivity index is 1.47. The Bertz CT molecular complexity index is 1680. The summed E-state index contributed by atoms with van der Waals surface area (Å²) in [6, 6.07) is 11.1. The Morgan fingerprint density at radius 1 is 1.19 bits per heavy atom. The molecule has 1 unspecified atom stereocenters. The van der Waals surface area contributed by atoms with E-state index in [4.69, 9.17) is 13.6 Å². The standard InChI is InChI=1S/C30H37F3N4O5S/c1-41-19-23(38)18-36-14-11-21(12-15-36)35-26-7-4-8-28-25(26)16-22(37(28)20-30(31,32)33)6-5-13-34-27-10-9-24(43(3,39)40)17-29(27)42-2/h4,7-10,16-17,21,23,34-35,38H,11-15,18-20H2,1-3H3/i1D3. The van der Waals surface area contributed by atoms with Crippen LogP contribution < -0.4 is 15.4 Å². The highest BCUT2D eigenvalue weighted by Crippen LogP contribution is 2.32. The van der Waals surface area contributed by atoms with Gasteiger partial charge in [-0.05, 0) is 49.1 Å². The zero-order chi connectivity index (χ0) is 33.7. The third kappa shape index (κ3) is 8.79.